The second-order valence-corrected chi connectivity index (χ2v) is 15.9. The molecule has 1 unspecified atom stereocenters. The molecule has 1 aliphatic carbocycles. The SMILES string of the molecule is C1=C(c2ccc(-c3cccc4c3sc3ccccc34)cc2)CC(c2ccc(-c3cccc(-c4cnc5c6ccccc6c6ccccc6c5n4)c3)cc2)CC1. The molecule has 0 saturated heterocycles. The molecule has 55 heavy (non-hydrogen) atoms. The monoisotopic (exact) mass is 720 g/mol. The van der Waals surface area contributed by atoms with Gasteiger partial charge in [0.05, 0.1) is 22.9 Å². The molecule has 0 radical (unpaired) electrons. The first-order valence-corrected chi connectivity index (χ1v) is 20.0. The lowest BCUT2D eigenvalue weighted by molar-refractivity contribution is 0.627. The van der Waals surface area contributed by atoms with Crippen molar-refractivity contribution in [1.29, 1.82) is 0 Å². The van der Waals surface area contributed by atoms with Crippen LogP contribution < -0.4 is 0 Å². The maximum atomic E-state index is 5.24. The lowest BCUT2D eigenvalue weighted by Crippen LogP contribution is -2.05. The average molecular weight is 721 g/mol. The summed E-state index contributed by atoms with van der Waals surface area (Å²) in [5.41, 5.74) is 13.1. The van der Waals surface area contributed by atoms with Crippen molar-refractivity contribution in [3.05, 3.63) is 187 Å². The Hall–Kier alpha value is -6.42. The first-order valence-electron chi connectivity index (χ1n) is 19.2. The lowest BCUT2D eigenvalue weighted by atomic mass is 9.81. The van der Waals surface area contributed by atoms with E-state index in [0.29, 0.717) is 5.92 Å². The Balaban J connectivity index is 0.840. The van der Waals surface area contributed by atoms with Crippen molar-refractivity contribution in [1.82, 2.24) is 9.97 Å². The fourth-order valence-corrected chi connectivity index (χ4v) is 10.1. The van der Waals surface area contributed by atoms with Gasteiger partial charge in [0.2, 0.25) is 0 Å². The molecule has 2 nitrogen and oxygen atoms in total. The van der Waals surface area contributed by atoms with Crippen LogP contribution in [0.5, 0.6) is 0 Å². The van der Waals surface area contributed by atoms with Gasteiger partial charge in [0.1, 0.15) is 0 Å². The van der Waals surface area contributed by atoms with Gasteiger partial charge in [-0.1, -0.05) is 158 Å². The van der Waals surface area contributed by atoms with Gasteiger partial charge in [0.15, 0.2) is 0 Å². The summed E-state index contributed by atoms with van der Waals surface area (Å²) in [4.78, 5) is 10.2. The summed E-state index contributed by atoms with van der Waals surface area (Å²) in [6.07, 6.45) is 7.72. The van der Waals surface area contributed by atoms with Gasteiger partial charge in [-0.05, 0) is 87.0 Å². The standard InChI is InChI=1S/C52H36N2S/c1-3-17-45-42(14-1)43-15-2-4-18-46(43)51-50(45)53-32-48(54-51)40-13-8-12-39(31-40)34-24-22-33(23-25-34)37-10-7-11-38(30-37)35-26-28-36(29-27-35)41-19-9-20-47-44-16-5-6-21-49(44)55-52(41)47/h1-6,8-9,11-29,31-32,37H,7,10,30H2. The molecule has 260 valence electrons. The van der Waals surface area contributed by atoms with Gasteiger partial charge in [0.25, 0.3) is 0 Å². The Kier molecular flexibility index (Phi) is 7.67. The van der Waals surface area contributed by atoms with E-state index in [0.717, 1.165) is 45.9 Å². The lowest BCUT2D eigenvalue weighted by Gasteiger charge is -2.24. The van der Waals surface area contributed by atoms with Crippen LogP contribution in [0.2, 0.25) is 0 Å². The largest absolute Gasteiger partial charge is 0.252 e. The van der Waals surface area contributed by atoms with E-state index in [1.54, 1.807) is 0 Å². The normalized spacial score (nSPS) is 14.6. The van der Waals surface area contributed by atoms with Crippen molar-refractivity contribution >= 4 is 69.7 Å². The molecule has 0 saturated carbocycles. The first kappa shape index (κ1) is 32.0. The zero-order valence-electron chi connectivity index (χ0n) is 30.2. The van der Waals surface area contributed by atoms with E-state index in [1.165, 1.54) is 76.3 Å². The summed E-state index contributed by atoms with van der Waals surface area (Å²) in [6, 6.07) is 59.8. The predicted molar refractivity (Wildman–Crippen MR) is 235 cm³/mol. The molecule has 2 heterocycles. The van der Waals surface area contributed by atoms with Gasteiger partial charge in [-0.25, -0.2) is 4.98 Å². The summed E-state index contributed by atoms with van der Waals surface area (Å²) in [5.74, 6) is 0.506. The van der Waals surface area contributed by atoms with Crippen LogP contribution in [-0.2, 0) is 0 Å². The van der Waals surface area contributed by atoms with Gasteiger partial charge in [-0.2, -0.15) is 0 Å². The fourth-order valence-electron chi connectivity index (χ4n) is 8.84. The van der Waals surface area contributed by atoms with Crippen molar-refractivity contribution < 1.29 is 0 Å². The molecule has 0 amide bonds. The van der Waals surface area contributed by atoms with Crippen LogP contribution in [0.3, 0.4) is 0 Å². The molecular weight excluding hydrogens is 685 g/mol. The number of allylic oxidation sites excluding steroid dienone is 2. The Morgan fingerprint density at radius 3 is 1.93 bits per heavy atom. The quantitative estimate of drug-likeness (QED) is 0.165. The maximum absolute atomic E-state index is 5.24. The smallest absolute Gasteiger partial charge is 0.0979 e. The molecule has 3 heteroatoms. The molecule has 2 aromatic heterocycles. The number of benzene rings is 8. The highest BCUT2D eigenvalue weighted by Gasteiger charge is 2.20. The number of aromatic nitrogens is 2. The van der Waals surface area contributed by atoms with Gasteiger partial charge in [-0.3, -0.25) is 4.98 Å². The number of thiophene rings is 1. The van der Waals surface area contributed by atoms with Crippen LogP contribution in [0.15, 0.2) is 176 Å². The third-order valence-corrected chi connectivity index (χ3v) is 12.9. The summed E-state index contributed by atoms with van der Waals surface area (Å²) < 4.78 is 2.72. The van der Waals surface area contributed by atoms with E-state index in [4.69, 9.17) is 9.97 Å². The highest BCUT2D eigenvalue weighted by atomic mass is 32.1. The van der Waals surface area contributed by atoms with E-state index >= 15 is 0 Å². The molecular formula is C52H36N2S. The van der Waals surface area contributed by atoms with Crippen molar-refractivity contribution in [3.8, 4) is 33.5 Å². The Labute approximate surface area is 324 Å². The molecule has 0 bridgehead atoms. The highest BCUT2D eigenvalue weighted by molar-refractivity contribution is 7.26. The zero-order valence-corrected chi connectivity index (χ0v) is 31.1. The van der Waals surface area contributed by atoms with Crippen molar-refractivity contribution in [2.24, 2.45) is 0 Å². The van der Waals surface area contributed by atoms with Crippen LogP contribution in [0.4, 0.5) is 0 Å². The first-order chi connectivity index (χ1) is 27.2. The molecule has 0 N–H and O–H groups in total. The van der Waals surface area contributed by atoms with Gasteiger partial charge in [-0.15, -0.1) is 11.3 Å². The third-order valence-electron chi connectivity index (χ3n) is 11.6. The van der Waals surface area contributed by atoms with E-state index in [9.17, 15) is 0 Å². The number of fused-ring (bicyclic) bond motifs is 9. The zero-order chi connectivity index (χ0) is 36.3. The highest BCUT2D eigenvalue weighted by Crippen LogP contribution is 2.42. The molecule has 0 fully saturated rings. The number of hydrogen-bond acceptors (Lipinski definition) is 3. The van der Waals surface area contributed by atoms with Crippen LogP contribution in [-0.4, -0.2) is 9.97 Å². The predicted octanol–water partition coefficient (Wildman–Crippen LogP) is 14.7. The Morgan fingerprint density at radius 1 is 0.491 bits per heavy atom. The van der Waals surface area contributed by atoms with Crippen LogP contribution in [0.25, 0.3) is 91.8 Å². The number of nitrogens with zero attached hydrogens (tertiary/aromatic N) is 2. The molecule has 0 spiro atoms. The van der Waals surface area contributed by atoms with E-state index in [-0.39, 0.29) is 0 Å². The third kappa shape index (κ3) is 5.54. The summed E-state index contributed by atoms with van der Waals surface area (Å²) in [6.45, 7) is 0. The summed E-state index contributed by atoms with van der Waals surface area (Å²) >= 11 is 1.90. The van der Waals surface area contributed by atoms with Gasteiger partial charge in [0, 0.05) is 36.5 Å². The second kappa shape index (κ2) is 13.2. The maximum Gasteiger partial charge on any atom is 0.0979 e. The van der Waals surface area contributed by atoms with Gasteiger partial charge < -0.3 is 0 Å². The van der Waals surface area contributed by atoms with E-state index < -0.39 is 0 Å². The minimum absolute atomic E-state index is 0.506. The molecule has 11 rings (SSSR count). The van der Waals surface area contributed by atoms with Crippen LogP contribution >= 0.6 is 11.3 Å². The Bertz CT molecular complexity index is 3080. The van der Waals surface area contributed by atoms with Gasteiger partial charge >= 0.3 is 0 Å². The van der Waals surface area contributed by atoms with Crippen LogP contribution in [0, 0.1) is 0 Å². The molecule has 8 aromatic carbocycles. The van der Waals surface area contributed by atoms with Crippen molar-refractivity contribution in [2.75, 3.05) is 0 Å². The minimum Gasteiger partial charge on any atom is -0.252 e. The molecule has 10 aromatic rings. The van der Waals surface area contributed by atoms with E-state index in [2.05, 4.69) is 170 Å². The molecule has 1 aliphatic rings. The topological polar surface area (TPSA) is 25.8 Å². The fraction of sp³-hybridized carbons (Fsp3) is 0.0769. The summed E-state index contributed by atoms with van der Waals surface area (Å²) in [7, 11) is 0. The number of rotatable bonds is 5. The molecule has 1 atom stereocenters. The molecule has 0 aliphatic heterocycles. The average Bonchev–Trinajstić information content (AvgIpc) is 3.66. The van der Waals surface area contributed by atoms with Crippen LogP contribution in [0.1, 0.15) is 36.3 Å². The minimum atomic E-state index is 0.506. The van der Waals surface area contributed by atoms with E-state index in [1.807, 2.05) is 17.5 Å². The second-order valence-electron chi connectivity index (χ2n) is 14.8. The number of hydrogen-bond donors (Lipinski definition) is 0. The van der Waals surface area contributed by atoms with Crippen molar-refractivity contribution in [3.63, 3.8) is 0 Å². The summed E-state index contributed by atoms with van der Waals surface area (Å²) in [5, 5.41) is 7.39. The van der Waals surface area contributed by atoms with Crippen molar-refractivity contribution in [2.45, 2.75) is 25.2 Å². The Morgan fingerprint density at radius 2 is 1.13 bits per heavy atom.